The molecule has 6 heteroatoms. The van der Waals surface area contributed by atoms with Crippen LogP contribution in [0.15, 0.2) is 30.7 Å². The Balaban J connectivity index is 1.87. The van der Waals surface area contributed by atoms with Gasteiger partial charge in [0.05, 0.1) is 17.9 Å². The van der Waals surface area contributed by atoms with Gasteiger partial charge in [0.2, 0.25) is 0 Å². The van der Waals surface area contributed by atoms with Gasteiger partial charge < -0.3 is 14.2 Å². The summed E-state index contributed by atoms with van der Waals surface area (Å²) < 4.78 is 6.68. The summed E-state index contributed by atoms with van der Waals surface area (Å²) >= 11 is 0. The monoisotopic (exact) mass is 324 g/mol. The molecule has 1 aliphatic heterocycles. The smallest absolute Gasteiger partial charge is 0.358 e. The van der Waals surface area contributed by atoms with E-state index in [1.165, 1.54) is 6.42 Å². The number of hydrogen-bond donors (Lipinski definition) is 0. The largest absolute Gasteiger partial charge is 0.461 e. The molecule has 3 rings (SSSR count). The molecule has 0 atom stereocenters. The molecule has 1 aromatic heterocycles. The first-order chi connectivity index (χ1) is 11.7. The number of rotatable bonds is 4. The van der Waals surface area contributed by atoms with Crippen LogP contribution in [0.4, 0.5) is 5.69 Å². The first-order valence-corrected chi connectivity index (χ1v) is 8.23. The van der Waals surface area contributed by atoms with Crippen LogP contribution in [0.1, 0.15) is 42.2 Å². The Bertz CT molecular complexity index is 770. The van der Waals surface area contributed by atoms with Crippen LogP contribution < -0.4 is 4.90 Å². The normalized spacial score (nSPS) is 14.2. The van der Waals surface area contributed by atoms with Crippen LogP contribution in [0.25, 0.3) is 5.69 Å². The second-order valence-electron chi connectivity index (χ2n) is 5.75. The van der Waals surface area contributed by atoms with Gasteiger partial charge in [-0.2, -0.15) is 5.26 Å². The van der Waals surface area contributed by atoms with E-state index in [1.54, 1.807) is 24.0 Å². The highest BCUT2D eigenvalue weighted by Gasteiger charge is 2.16. The van der Waals surface area contributed by atoms with Crippen molar-refractivity contribution < 1.29 is 9.53 Å². The predicted octanol–water partition coefficient (Wildman–Crippen LogP) is 2.91. The van der Waals surface area contributed by atoms with Gasteiger partial charge in [-0.1, -0.05) is 0 Å². The summed E-state index contributed by atoms with van der Waals surface area (Å²) in [5.41, 5.74) is 2.68. The van der Waals surface area contributed by atoms with Crippen LogP contribution in [-0.2, 0) is 4.74 Å². The van der Waals surface area contributed by atoms with Gasteiger partial charge in [-0.3, -0.25) is 0 Å². The standard InChI is InChI=1S/C18H20N4O2/c1-2-24-18(23)16-12-22(13-20-16)15-6-7-17(14(10-15)11-19)21-8-4-3-5-9-21/h6-7,10,12-13H,2-5,8-9H2,1H3. The molecule has 2 aromatic rings. The minimum absolute atomic E-state index is 0.260. The third kappa shape index (κ3) is 3.25. The number of hydrogen-bond acceptors (Lipinski definition) is 5. The van der Waals surface area contributed by atoms with Gasteiger partial charge in [0.1, 0.15) is 12.4 Å². The number of benzene rings is 1. The number of nitrogens with zero attached hydrogens (tertiary/aromatic N) is 4. The SMILES string of the molecule is CCOC(=O)c1cn(-c2ccc(N3CCCCC3)c(C#N)c2)cn1. The van der Waals surface area contributed by atoms with Gasteiger partial charge in [-0.25, -0.2) is 9.78 Å². The van der Waals surface area contributed by atoms with E-state index in [1.807, 2.05) is 18.2 Å². The highest BCUT2D eigenvalue weighted by molar-refractivity contribution is 5.87. The molecule has 1 fully saturated rings. The van der Waals surface area contributed by atoms with Gasteiger partial charge in [0.15, 0.2) is 5.69 Å². The van der Waals surface area contributed by atoms with Crippen LogP contribution in [0.5, 0.6) is 0 Å². The molecule has 0 saturated carbocycles. The Hall–Kier alpha value is -2.81. The van der Waals surface area contributed by atoms with E-state index in [0.717, 1.165) is 37.3 Å². The Kier molecular flexibility index (Phi) is 4.80. The quantitative estimate of drug-likeness (QED) is 0.809. The van der Waals surface area contributed by atoms with E-state index in [2.05, 4.69) is 16.0 Å². The number of carbonyl (C=O) groups is 1. The molecule has 124 valence electrons. The van der Waals surface area contributed by atoms with E-state index >= 15 is 0 Å². The first-order valence-electron chi connectivity index (χ1n) is 8.23. The summed E-state index contributed by atoms with van der Waals surface area (Å²) in [7, 11) is 0. The summed E-state index contributed by atoms with van der Waals surface area (Å²) in [6.07, 6.45) is 6.76. The fraction of sp³-hybridized carbons (Fsp3) is 0.389. The van der Waals surface area contributed by atoms with Crippen molar-refractivity contribution >= 4 is 11.7 Å². The molecular formula is C18H20N4O2. The van der Waals surface area contributed by atoms with E-state index in [-0.39, 0.29) is 5.69 Å². The predicted molar refractivity (Wildman–Crippen MR) is 90.3 cm³/mol. The van der Waals surface area contributed by atoms with Crippen molar-refractivity contribution in [3.05, 3.63) is 42.0 Å². The van der Waals surface area contributed by atoms with Crippen molar-refractivity contribution in [1.82, 2.24) is 9.55 Å². The molecule has 0 spiro atoms. The van der Waals surface area contributed by atoms with Crippen molar-refractivity contribution in [2.24, 2.45) is 0 Å². The fourth-order valence-corrected chi connectivity index (χ4v) is 2.96. The molecule has 6 nitrogen and oxygen atoms in total. The molecular weight excluding hydrogens is 304 g/mol. The Labute approximate surface area is 141 Å². The maximum Gasteiger partial charge on any atom is 0.358 e. The van der Waals surface area contributed by atoms with Crippen LogP contribution in [-0.4, -0.2) is 35.2 Å². The van der Waals surface area contributed by atoms with Crippen LogP contribution >= 0.6 is 0 Å². The van der Waals surface area contributed by atoms with Gasteiger partial charge in [-0.05, 0) is 44.4 Å². The van der Waals surface area contributed by atoms with E-state index < -0.39 is 5.97 Å². The van der Waals surface area contributed by atoms with Crippen molar-refractivity contribution in [2.45, 2.75) is 26.2 Å². The van der Waals surface area contributed by atoms with Gasteiger partial charge in [0, 0.05) is 25.0 Å². The number of ether oxygens (including phenoxy) is 1. The molecule has 1 aliphatic rings. The number of anilines is 1. The number of nitriles is 1. The molecule has 0 bridgehead atoms. The van der Waals surface area contributed by atoms with E-state index in [4.69, 9.17) is 4.74 Å². The van der Waals surface area contributed by atoms with Gasteiger partial charge in [0.25, 0.3) is 0 Å². The molecule has 2 heterocycles. The highest BCUT2D eigenvalue weighted by Crippen LogP contribution is 2.26. The highest BCUT2D eigenvalue weighted by atomic mass is 16.5. The summed E-state index contributed by atoms with van der Waals surface area (Å²) in [5.74, 6) is -0.443. The van der Waals surface area contributed by atoms with Gasteiger partial charge >= 0.3 is 5.97 Å². The van der Waals surface area contributed by atoms with Crippen LogP contribution in [0, 0.1) is 11.3 Å². The second-order valence-corrected chi connectivity index (χ2v) is 5.75. The lowest BCUT2D eigenvalue weighted by Crippen LogP contribution is -2.30. The molecule has 0 unspecified atom stereocenters. The summed E-state index contributed by atoms with van der Waals surface area (Å²) in [6.45, 7) is 4.06. The van der Waals surface area contributed by atoms with Crippen molar-refractivity contribution in [2.75, 3.05) is 24.6 Å². The zero-order valence-electron chi connectivity index (χ0n) is 13.7. The first kappa shape index (κ1) is 16.1. The third-order valence-corrected chi connectivity index (χ3v) is 4.16. The number of esters is 1. The van der Waals surface area contributed by atoms with Crippen molar-refractivity contribution in [1.29, 1.82) is 5.26 Å². The summed E-state index contributed by atoms with van der Waals surface area (Å²) in [4.78, 5) is 18.1. The maximum atomic E-state index is 11.7. The fourth-order valence-electron chi connectivity index (χ4n) is 2.96. The Morgan fingerprint density at radius 1 is 1.33 bits per heavy atom. The van der Waals surface area contributed by atoms with Crippen molar-refractivity contribution in [3.8, 4) is 11.8 Å². The second kappa shape index (κ2) is 7.18. The summed E-state index contributed by atoms with van der Waals surface area (Å²) in [5, 5.41) is 9.51. The lowest BCUT2D eigenvalue weighted by molar-refractivity contribution is 0.0520. The average molecular weight is 324 g/mol. The zero-order chi connectivity index (χ0) is 16.9. The Morgan fingerprint density at radius 3 is 2.83 bits per heavy atom. The minimum Gasteiger partial charge on any atom is -0.461 e. The minimum atomic E-state index is -0.443. The van der Waals surface area contributed by atoms with Gasteiger partial charge in [-0.15, -0.1) is 0 Å². The molecule has 0 N–H and O–H groups in total. The van der Waals surface area contributed by atoms with Crippen LogP contribution in [0.2, 0.25) is 0 Å². The molecule has 24 heavy (non-hydrogen) atoms. The molecule has 1 saturated heterocycles. The van der Waals surface area contributed by atoms with Crippen molar-refractivity contribution in [3.63, 3.8) is 0 Å². The number of piperidine rings is 1. The van der Waals surface area contributed by atoms with Crippen LogP contribution in [0.3, 0.4) is 0 Å². The molecule has 0 radical (unpaired) electrons. The average Bonchev–Trinajstić information content (AvgIpc) is 3.12. The van der Waals surface area contributed by atoms with E-state index in [0.29, 0.717) is 12.2 Å². The number of carbonyl (C=O) groups excluding carboxylic acids is 1. The topological polar surface area (TPSA) is 71.2 Å². The molecule has 0 amide bonds. The van der Waals surface area contributed by atoms with E-state index in [9.17, 15) is 10.1 Å². The maximum absolute atomic E-state index is 11.7. The molecule has 1 aromatic carbocycles. The summed E-state index contributed by atoms with van der Waals surface area (Å²) in [6, 6.07) is 8.04. The molecule has 0 aliphatic carbocycles. The zero-order valence-corrected chi connectivity index (χ0v) is 13.7. The lowest BCUT2D eigenvalue weighted by Gasteiger charge is -2.29. The number of aromatic nitrogens is 2. The lowest BCUT2D eigenvalue weighted by atomic mass is 10.1. The third-order valence-electron chi connectivity index (χ3n) is 4.16. The Morgan fingerprint density at radius 2 is 2.12 bits per heavy atom. The number of imidazole rings is 1.